The number of likely N-dealkylation sites (N-methyl/N-ethyl adjacent to an activating group) is 1. The van der Waals surface area contributed by atoms with Gasteiger partial charge in [0.25, 0.3) is 0 Å². The molecule has 0 saturated carbocycles. The number of likely N-dealkylation sites (tertiary alicyclic amines) is 1. The topological polar surface area (TPSA) is 50.2 Å². The van der Waals surface area contributed by atoms with E-state index >= 15 is 0 Å². The number of benzene rings is 1. The maximum Gasteiger partial charge on any atom is 0.433 e. The summed E-state index contributed by atoms with van der Waals surface area (Å²) in [6, 6.07) is 6.56. The SMILES string of the molecule is CN1C[C@H](c2cc(C(F)(F)F)n(C)n2)[C@@H](C(=O)Nc2ccccc2F)C1=S. The molecule has 1 aliphatic heterocycles. The van der Waals surface area contributed by atoms with Gasteiger partial charge in [0.15, 0.2) is 0 Å². The van der Waals surface area contributed by atoms with Crippen molar-refractivity contribution in [3.8, 4) is 0 Å². The van der Waals surface area contributed by atoms with Crippen LogP contribution in [-0.2, 0) is 18.0 Å². The second-order valence-electron chi connectivity index (χ2n) is 6.35. The van der Waals surface area contributed by atoms with Crippen molar-refractivity contribution >= 4 is 28.8 Å². The van der Waals surface area contributed by atoms with Crippen LogP contribution in [0.2, 0.25) is 0 Å². The highest BCUT2D eigenvalue weighted by molar-refractivity contribution is 7.80. The van der Waals surface area contributed by atoms with E-state index in [1.54, 1.807) is 18.0 Å². The normalized spacial score (nSPS) is 20.2. The number of alkyl halides is 3. The highest BCUT2D eigenvalue weighted by Crippen LogP contribution is 2.37. The molecule has 1 aromatic heterocycles. The van der Waals surface area contributed by atoms with E-state index in [1.165, 1.54) is 25.2 Å². The first-order valence-corrected chi connectivity index (χ1v) is 8.42. The number of amides is 1. The van der Waals surface area contributed by atoms with Crippen LogP contribution in [0.1, 0.15) is 17.3 Å². The van der Waals surface area contributed by atoms with Gasteiger partial charge in [-0.3, -0.25) is 9.48 Å². The predicted molar refractivity (Wildman–Crippen MR) is 94.7 cm³/mol. The maximum absolute atomic E-state index is 13.8. The number of aromatic nitrogens is 2. The highest BCUT2D eigenvalue weighted by Gasteiger charge is 2.44. The van der Waals surface area contributed by atoms with Crippen molar-refractivity contribution in [2.24, 2.45) is 13.0 Å². The van der Waals surface area contributed by atoms with Gasteiger partial charge in [0.05, 0.1) is 22.3 Å². The average molecular weight is 400 g/mol. The van der Waals surface area contributed by atoms with Gasteiger partial charge in [-0.2, -0.15) is 18.3 Å². The van der Waals surface area contributed by atoms with Gasteiger partial charge in [-0.25, -0.2) is 4.39 Å². The number of hydrogen-bond acceptors (Lipinski definition) is 3. The van der Waals surface area contributed by atoms with Crippen LogP contribution < -0.4 is 5.32 Å². The predicted octanol–water partition coefficient (Wildman–Crippen LogP) is 3.19. The van der Waals surface area contributed by atoms with Crippen molar-refractivity contribution in [1.82, 2.24) is 14.7 Å². The molecule has 27 heavy (non-hydrogen) atoms. The monoisotopic (exact) mass is 400 g/mol. The molecule has 1 N–H and O–H groups in total. The van der Waals surface area contributed by atoms with Crippen molar-refractivity contribution in [3.63, 3.8) is 0 Å². The number of nitrogens with zero attached hydrogens (tertiary/aromatic N) is 3. The van der Waals surface area contributed by atoms with Crippen molar-refractivity contribution in [2.45, 2.75) is 12.1 Å². The number of aryl methyl sites for hydroxylation is 1. The fourth-order valence-electron chi connectivity index (χ4n) is 3.17. The molecule has 1 aromatic carbocycles. The molecule has 2 aromatic rings. The van der Waals surface area contributed by atoms with Crippen LogP contribution in [0, 0.1) is 11.7 Å². The molecule has 0 radical (unpaired) electrons. The lowest BCUT2D eigenvalue weighted by Crippen LogP contribution is -2.32. The summed E-state index contributed by atoms with van der Waals surface area (Å²) in [5.41, 5.74) is -0.813. The second kappa shape index (κ2) is 6.91. The zero-order valence-corrected chi connectivity index (χ0v) is 15.2. The summed E-state index contributed by atoms with van der Waals surface area (Å²) in [5, 5.41) is 6.41. The number of carbonyl (C=O) groups is 1. The summed E-state index contributed by atoms with van der Waals surface area (Å²) in [6.07, 6.45) is -4.56. The minimum Gasteiger partial charge on any atom is -0.368 e. The van der Waals surface area contributed by atoms with E-state index in [4.69, 9.17) is 12.2 Å². The molecule has 0 bridgehead atoms. The van der Waals surface area contributed by atoms with Crippen molar-refractivity contribution in [2.75, 3.05) is 18.9 Å². The first kappa shape index (κ1) is 19.3. The Bertz CT molecular complexity index is 895. The molecular formula is C17H16F4N4OS. The fourth-order valence-corrected chi connectivity index (χ4v) is 3.51. The number of para-hydroxylation sites is 1. The van der Waals surface area contributed by atoms with Crippen LogP contribution in [0.3, 0.4) is 0 Å². The minimum absolute atomic E-state index is 0.0180. The molecular weight excluding hydrogens is 384 g/mol. The van der Waals surface area contributed by atoms with Gasteiger partial charge in [0.1, 0.15) is 11.5 Å². The van der Waals surface area contributed by atoms with Crippen molar-refractivity contribution in [1.29, 1.82) is 0 Å². The molecule has 10 heteroatoms. The number of nitrogens with one attached hydrogen (secondary N) is 1. The first-order valence-electron chi connectivity index (χ1n) is 8.01. The molecule has 1 fully saturated rings. The number of rotatable bonds is 3. The van der Waals surface area contributed by atoms with Crippen LogP contribution in [0.15, 0.2) is 30.3 Å². The summed E-state index contributed by atoms with van der Waals surface area (Å²) in [6.45, 7) is 0.239. The third kappa shape index (κ3) is 3.66. The molecule has 0 spiro atoms. The Morgan fingerprint density at radius 3 is 2.56 bits per heavy atom. The lowest BCUT2D eigenvalue weighted by Gasteiger charge is -2.16. The van der Waals surface area contributed by atoms with Gasteiger partial charge >= 0.3 is 6.18 Å². The molecule has 1 amide bonds. The fraction of sp³-hybridized carbons (Fsp3) is 0.353. The zero-order chi connectivity index (χ0) is 19.9. The number of carbonyl (C=O) groups excluding carboxylic acids is 1. The Balaban J connectivity index is 1.92. The Labute approximate surface area is 158 Å². The molecule has 2 heterocycles. The van der Waals surface area contributed by atoms with Crippen LogP contribution >= 0.6 is 12.2 Å². The van der Waals surface area contributed by atoms with Gasteiger partial charge in [-0.15, -0.1) is 0 Å². The van der Waals surface area contributed by atoms with E-state index in [0.717, 1.165) is 10.7 Å². The van der Waals surface area contributed by atoms with Gasteiger partial charge in [0.2, 0.25) is 5.91 Å². The third-order valence-electron chi connectivity index (χ3n) is 4.50. The molecule has 1 aliphatic rings. The van der Waals surface area contributed by atoms with Crippen molar-refractivity contribution < 1.29 is 22.4 Å². The highest BCUT2D eigenvalue weighted by atomic mass is 32.1. The molecule has 3 rings (SSSR count). The molecule has 0 aliphatic carbocycles. The van der Waals surface area contributed by atoms with Crippen LogP contribution in [0.25, 0.3) is 0 Å². The van der Waals surface area contributed by atoms with Crippen LogP contribution in [0.5, 0.6) is 0 Å². The first-order chi connectivity index (χ1) is 12.6. The number of thiocarbonyl (C=S) groups is 1. The number of halogens is 4. The molecule has 2 atom stereocenters. The standard InChI is InChI=1S/C17H16F4N4OS/c1-24-8-9(12-7-13(17(19,20)21)25(2)23-12)14(16(24)27)15(26)22-11-6-4-3-5-10(11)18/h3-7,9,14H,8H2,1-2H3,(H,22,26)/t9-,14+/m1/s1. The third-order valence-corrected chi connectivity index (χ3v) is 5.06. The van der Waals surface area contributed by atoms with E-state index in [-0.39, 0.29) is 22.9 Å². The molecule has 0 unspecified atom stereocenters. The lowest BCUT2D eigenvalue weighted by atomic mass is 9.91. The summed E-state index contributed by atoms with van der Waals surface area (Å²) in [4.78, 5) is 14.6. The van der Waals surface area contributed by atoms with Gasteiger partial charge in [0, 0.05) is 26.6 Å². The minimum atomic E-state index is -4.56. The Morgan fingerprint density at radius 1 is 1.30 bits per heavy atom. The van der Waals surface area contributed by atoms with Crippen LogP contribution in [-0.4, -0.2) is 39.2 Å². The zero-order valence-electron chi connectivity index (χ0n) is 14.4. The van der Waals surface area contributed by atoms with Crippen LogP contribution in [0.4, 0.5) is 23.2 Å². The molecule has 5 nitrogen and oxygen atoms in total. The quantitative estimate of drug-likeness (QED) is 0.635. The molecule has 144 valence electrons. The number of hydrogen-bond donors (Lipinski definition) is 1. The molecule has 1 saturated heterocycles. The average Bonchev–Trinajstić information content (AvgIpc) is 3.10. The second-order valence-corrected chi connectivity index (χ2v) is 6.77. The van der Waals surface area contributed by atoms with Gasteiger partial charge < -0.3 is 10.2 Å². The smallest absolute Gasteiger partial charge is 0.368 e. The summed E-state index contributed by atoms with van der Waals surface area (Å²) in [5.74, 6) is -2.80. The lowest BCUT2D eigenvalue weighted by molar-refractivity contribution is -0.143. The Kier molecular flexibility index (Phi) is 4.94. The largest absolute Gasteiger partial charge is 0.433 e. The van der Waals surface area contributed by atoms with E-state index < -0.39 is 35.4 Å². The summed E-state index contributed by atoms with van der Waals surface area (Å²) in [7, 11) is 2.84. The summed E-state index contributed by atoms with van der Waals surface area (Å²) >= 11 is 5.29. The summed E-state index contributed by atoms with van der Waals surface area (Å²) < 4.78 is 53.8. The Morgan fingerprint density at radius 2 is 1.96 bits per heavy atom. The van der Waals surface area contributed by atoms with E-state index in [2.05, 4.69) is 10.4 Å². The van der Waals surface area contributed by atoms with Gasteiger partial charge in [-0.05, 0) is 18.2 Å². The van der Waals surface area contributed by atoms with Crippen molar-refractivity contribution in [3.05, 3.63) is 47.5 Å². The number of anilines is 1. The maximum atomic E-state index is 13.8. The van der Waals surface area contributed by atoms with E-state index in [1.807, 2.05) is 0 Å². The van der Waals surface area contributed by atoms with E-state index in [9.17, 15) is 22.4 Å². The Hall–Kier alpha value is -2.49. The van der Waals surface area contributed by atoms with Gasteiger partial charge in [-0.1, -0.05) is 24.4 Å². The van der Waals surface area contributed by atoms with E-state index in [0.29, 0.717) is 0 Å².